The molecule has 2 N–H and O–H groups in total. The van der Waals surface area contributed by atoms with Crippen LogP contribution in [0, 0.1) is 0 Å². The summed E-state index contributed by atoms with van der Waals surface area (Å²) in [7, 11) is 0. The van der Waals surface area contributed by atoms with Crippen LogP contribution in [-0.4, -0.2) is 0 Å². The lowest BCUT2D eigenvalue weighted by Gasteiger charge is -2.05. The zero-order valence-electron chi connectivity index (χ0n) is 8.68. The lowest BCUT2D eigenvalue weighted by molar-refractivity contribution is 1.72. The van der Waals surface area contributed by atoms with Crippen LogP contribution in [0.15, 0.2) is 53.9 Å². The highest BCUT2D eigenvalue weighted by Gasteiger charge is 2.03. The fraction of sp³-hybridized carbons (Fsp3) is 0. The van der Waals surface area contributed by atoms with E-state index in [0.717, 1.165) is 11.1 Å². The summed E-state index contributed by atoms with van der Waals surface area (Å²) in [6, 6.07) is 16.6. The standard InChI is InChI=1S/C14H11NS/c15-13-9-11(14-6-3-7-16-14)8-10-4-1-2-5-12(10)13/h1-9H,15H2. The van der Waals surface area contributed by atoms with Gasteiger partial charge in [0.05, 0.1) is 0 Å². The summed E-state index contributed by atoms with van der Waals surface area (Å²) in [5.74, 6) is 0. The molecule has 0 aliphatic carbocycles. The fourth-order valence-corrected chi connectivity index (χ4v) is 2.64. The zero-order valence-corrected chi connectivity index (χ0v) is 9.50. The first-order chi connectivity index (χ1) is 7.84. The molecule has 0 fully saturated rings. The maximum absolute atomic E-state index is 6.07. The fourth-order valence-electron chi connectivity index (χ4n) is 1.93. The maximum atomic E-state index is 6.07. The smallest absolute Gasteiger partial charge is 0.0400 e. The Hall–Kier alpha value is -1.80. The Kier molecular flexibility index (Phi) is 2.15. The average molecular weight is 225 g/mol. The summed E-state index contributed by atoms with van der Waals surface area (Å²) >= 11 is 1.74. The van der Waals surface area contributed by atoms with E-state index in [0.29, 0.717) is 0 Å². The van der Waals surface area contributed by atoms with Gasteiger partial charge in [-0.15, -0.1) is 11.3 Å². The van der Waals surface area contributed by atoms with Crippen molar-refractivity contribution >= 4 is 27.8 Å². The van der Waals surface area contributed by atoms with E-state index in [1.807, 2.05) is 18.2 Å². The van der Waals surface area contributed by atoms with Crippen LogP contribution in [0.2, 0.25) is 0 Å². The van der Waals surface area contributed by atoms with Crippen LogP contribution in [0.1, 0.15) is 0 Å². The number of nitrogens with two attached hydrogens (primary N) is 1. The van der Waals surface area contributed by atoms with Crippen molar-refractivity contribution in [3.05, 3.63) is 53.9 Å². The Morgan fingerprint density at radius 2 is 1.81 bits per heavy atom. The van der Waals surface area contributed by atoms with Gasteiger partial charge in [0.2, 0.25) is 0 Å². The highest BCUT2D eigenvalue weighted by molar-refractivity contribution is 7.13. The van der Waals surface area contributed by atoms with Gasteiger partial charge < -0.3 is 5.73 Å². The molecule has 0 atom stereocenters. The number of rotatable bonds is 1. The predicted molar refractivity (Wildman–Crippen MR) is 71.7 cm³/mol. The number of fused-ring (bicyclic) bond motifs is 1. The molecule has 0 aliphatic rings. The minimum atomic E-state index is 0.849. The van der Waals surface area contributed by atoms with E-state index in [1.54, 1.807) is 11.3 Å². The molecule has 1 nitrogen and oxygen atoms in total. The summed E-state index contributed by atoms with van der Waals surface area (Å²) < 4.78 is 0. The minimum absolute atomic E-state index is 0.849. The van der Waals surface area contributed by atoms with Crippen LogP contribution >= 0.6 is 11.3 Å². The molecule has 0 radical (unpaired) electrons. The molecule has 0 saturated heterocycles. The Morgan fingerprint density at radius 1 is 0.938 bits per heavy atom. The van der Waals surface area contributed by atoms with Crippen LogP contribution in [0.4, 0.5) is 5.69 Å². The molecule has 16 heavy (non-hydrogen) atoms. The van der Waals surface area contributed by atoms with E-state index < -0.39 is 0 Å². The third-order valence-corrected chi connectivity index (χ3v) is 3.62. The van der Waals surface area contributed by atoms with Gasteiger partial charge in [-0.05, 0) is 34.5 Å². The molecule has 3 aromatic rings. The van der Waals surface area contributed by atoms with Crippen LogP contribution in [0.5, 0.6) is 0 Å². The third-order valence-electron chi connectivity index (χ3n) is 2.70. The Balaban J connectivity index is 2.29. The number of thiophene rings is 1. The van der Waals surface area contributed by atoms with Crippen molar-refractivity contribution in [3.8, 4) is 10.4 Å². The van der Waals surface area contributed by atoms with Gasteiger partial charge in [0.1, 0.15) is 0 Å². The maximum Gasteiger partial charge on any atom is 0.0400 e. The molecule has 0 saturated carbocycles. The first kappa shape index (κ1) is 9.43. The second-order valence-corrected chi connectivity index (χ2v) is 4.71. The molecule has 0 amide bonds. The highest BCUT2D eigenvalue weighted by Crippen LogP contribution is 2.31. The van der Waals surface area contributed by atoms with E-state index in [2.05, 4.69) is 35.7 Å². The van der Waals surface area contributed by atoms with Crippen molar-refractivity contribution in [1.82, 2.24) is 0 Å². The van der Waals surface area contributed by atoms with E-state index in [-0.39, 0.29) is 0 Å². The average Bonchev–Trinajstić information content (AvgIpc) is 2.82. The largest absolute Gasteiger partial charge is 0.398 e. The Morgan fingerprint density at radius 3 is 2.62 bits per heavy atom. The molecule has 3 rings (SSSR count). The van der Waals surface area contributed by atoms with Gasteiger partial charge in [0, 0.05) is 16.0 Å². The second-order valence-electron chi connectivity index (χ2n) is 3.76. The molecule has 0 unspecified atom stereocenters. The van der Waals surface area contributed by atoms with Gasteiger partial charge in [0.25, 0.3) is 0 Å². The lowest BCUT2D eigenvalue weighted by atomic mass is 10.0. The zero-order chi connectivity index (χ0) is 11.0. The van der Waals surface area contributed by atoms with E-state index in [4.69, 9.17) is 5.73 Å². The topological polar surface area (TPSA) is 26.0 Å². The molecular formula is C14H11NS. The number of benzene rings is 2. The van der Waals surface area contributed by atoms with Gasteiger partial charge in [-0.25, -0.2) is 0 Å². The first-order valence-corrected chi connectivity index (χ1v) is 6.05. The van der Waals surface area contributed by atoms with Gasteiger partial charge in [0.15, 0.2) is 0 Å². The quantitative estimate of drug-likeness (QED) is 0.618. The van der Waals surface area contributed by atoms with Crippen molar-refractivity contribution in [2.45, 2.75) is 0 Å². The van der Waals surface area contributed by atoms with Gasteiger partial charge in [-0.2, -0.15) is 0 Å². The number of anilines is 1. The molecular weight excluding hydrogens is 214 g/mol. The second kappa shape index (κ2) is 3.65. The lowest BCUT2D eigenvalue weighted by Crippen LogP contribution is -1.87. The van der Waals surface area contributed by atoms with Crippen molar-refractivity contribution in [1.29, 1.82) is 0 Å². The van der Waals surface area contributed by atoms with Crippen LogP contribution in [0.3, 0.4) is 0 Å². The van der Waals surface area contributed by atoms with Crippen LogP contribution in [0.25, 0.3) is 21.2 Å². The highest BCUT2D eigenvalue weighted by atomic mass is 32.1. The van der Waals surface area contributed by atoms with Crippen LogP contribution in [-0.2, 0) is 0 Å². The van der Waals surface area contributed by atoms with Crippen molar-refractivity contribution < 1.29 is 0 Å². The molecule has 2 heteroatoms. The van der Waals surface area contributed by atoms with E-state index in [9.17, 15) is 0 Å². The van der Waals surface area contributed by atoms with Crippen molar-refractivity contribution in [3.63, 3.8) is 0 Å². The molecule has 78 valence electrons. The van der Waals surface area contributed by atoms with E-state index in [1.165, 1.54) is 15.8 Å². The predicted octanol–water partition coefficient (Wildman–Crippen LogP) is 4.15. The summed E-state index contributed by atoms with van der Waals surface area (Å²) in [5, 5.41) is 4.41. The molecule has 1 aromatic heterocycles. The third kappa shape index (κ3) is 1.48. The summed E-state index contributed by atoms with van der Waals surface area (Å²) in [5.41, 5.74) is 8.12. The molecule has 1 heterocycles. The van der Waals surface area contributed by atoms with Crippen molar-refractivity contribution in [2.75, 3.05) is 5.73 Å². The van der Waals surface area contributed by atoms with Gasteiger partial charge in [-0.1, -0.05) is 30.3 Å². The number of hydrogen-bond donors (Lipinski definition) is 1. The summed E-state index contributed by atoms with van der Waals surface area (Å²) in [6.45, 7) is 0. The first-order valence-electron chi connectivity index (χ1n) is 5.17. The number of nitrogen functional groups attached to an aromatic ring is 1. The van der Waals surface area contributed by atoms with Crippen LogP contribution < -0.4 is 5.73 Å². The summed E-state index contributed by atoms with van der Waals surface area (Å²) in [4.78, 5) is 1.26. The van der Waals surface area contributed by atoms with Crippen molar-refractivity contribution in [2.24, 2.45) is 0 Å². The molecule has 0 spiro atoms. The Labute approximate surface area is 98.2 Å². The van der Waals surface area contributed by atoms with E-state index >= 15 is 0 Å². The summed E-state index contributed by atoms with van der Waals surface area (Å²) in [6.07, 6.45) is 0. The monoisotopic (exact) mass is 225 g/mol. The number of hydrogen-bond acceptors (Lipinski definition) is 2. The molecule has 0 bridgehead atoms. The molecule has 0 aliphatic heterocycles. The normalized spacial score (nSPS) is 10.8. The van der Waals surface area contributed by atoms with Gasteiger partial charge >= 0.3 is 0 Å². The minimum Gasteiger partial charge on any atom is -0.398 e. The van der Waals surface area contributed by atoms with Gasteiger partial charge in [-0.3, -0.25) is 0 Å². The SMILES string of the molecule is Nc1cc(-c2cccs2)cc2ccccc12. The Bertz CT molecular complexity index is 626. The molecule has 2 aromatic carbocycles.